The first-order chi connectivity index (χ1) is 9.04. The van der Waals surface area contributed by atoms with Gasteiger partial charge in [-0.25, -0.2) is 0 Å². The van der Waals surface area contributed by atoms with Crippen molar-refractivity contribution in [2.24, 2.45) is 5.92 Å². The third-order valence-corrected chi connectivity index (χ3v) is 2.90. The summed E-state index contributed by atoms with van der Waals surface area (Å²) in [4.78, 5) is 33.5. The Morgan fingerprint density at radius 2 is 2.21 bits per heavy atom. The second-order valence-electron chi connectivity index (χ2n) is 4.47. The molecule has 0 aliphatic carbocycles. The summed E-state index contributed by atoms with van der Waals surface area (Å²) < 4.78 is 0. The van der Waals surface area contributed by atoms with E-state index in [-0.39, 0.29) is 30.6 Å². The smallest absolute Gasteiger partial charge is 0.307 e. The van der Waals surface area contributed by atoms with Gasteiger partial charge in [0.1, 0.15) is 0 Å². The topological polar surface area (TPSA) is 95.5 Å². The number of nitrogens with one attached hydrogen (secondary N) is 2. The summed E-state index contributed by atoms with van der Waals surface area (Å²) >= 11 is 0. The number of carbonyl (C=O) groups excluding carboxylic acids is 2. The van der Waals surface area contributed by atoms with E-state index in [1.54, 1.807) is 24.3 Å². The summed E-state index contributed by atoms with van der Waals surface area (Å²) in [6.45, 7) is 0.347. The first-order valence-electron chi connectivity index (χ1n) is 5.93. The van der Waals surface area contributed by atoms with Crippen LogP contribution in [-0.2, 0) is 20.8 Å². The summed E-state index contributed by atoms with van der Waals surface area (Å²) in [6, 6.07) is 6.68. The molecule has 1 unspecified atom stereocenters. The Kier molecular flexibility index (Phi) is 3.79. The molecule has 0 bridgehead atoms. The van der Waals surface area contributed by atoms with E-state index in [4.69, 9.17) is 5.11 Å². The van der Waals surface area contributed by atoms with Gasteiger partial charge in [-0.3, -0.25) is 14.4 Å². The molecule has 1 saturated heterocycles. The Morgan fingerprint density at radius 3 is 2.84 bits per heavy atom. The largest absolute Gasteiger partial charge is 0.481 e. The second-order valence-corrected chi connectivity index (χ2v) is 4.47. The number of carbonyl (C=O) groups is 3. The predicted octanol–water partition coefficient (Wildman–Crippen LogP) is 0.388. The number of amides is 2. The van der Waals surface area contributed by atoms with Gasteiger partial charge in [0.25, 0.3) is 0 Å². The van der Waals surface area contributed by atoms with Gasteiger partial charge in [0.2, 0.25) is 11.8 Å². The van der Waals surface area contributed by atoms with Crippen LogP contribution in [0.2, 0.25) is 0 Å². The van der Waals surface area contributed by atoms with Gasteiger partial charge >= 0.3 is 5.97 Å². The number of anilines is 1. The van der Waals surface area contributed by atoms with Crippen molar-refractivity contribution in [3.05, 3.63) is 29.8 Å². The van der Waals surface area contributed by atoms with Crippen molar-refractivity contribution in [3.8, 4) is 0 Å². The molecule has 1 heterocycles. The minimum Gasteiger partial charge on any atom is -0.481 e. The Bertz CT molecular complexity index is 527. The number of benzene rings is 1. The number of hydrogen-bond donors (Lipinski definition) is 3. The molecule has 1 aromatic carbocycles. The summed E-state index contributed by atoms with van der Waals surface area (Å²) in [7, 11) is 0. The molecule has 1 aliphatic rings. The van der Waals surface area contributed by atoms with Gasteiger partial charge in [0, 0.05) is 18.7 Å². The second kappa shape index (κ2) is 5.51. The highest BCUT2D eigenvalue weighted by Crippen LogP contribution is 2.15. The maximum absolute atomic E-state index is 11.9. The third-order valence-electron chi connectivity index (χ3n) is 2.90. The van der Waals surface area contributed by atoms with Gasteiger partial charge in [0.05, 0.1) is 12.3 Å². The van der Waals surface area contributed by atoms with Crippen LogP contribution in [0.4, 0.5) is 5.69 Å². The monoisotopic (exact) mass is 262 g/mol. The molecule has 2 rings (SSSR count). The van der Waals surface area contributed by atoms with Crippen LogP contribution in [0, 0.1) is 5.92 Å². The van der Waals surface area contributed by atoms with E-state index in [2.05, 4.69) is 10.6 Å². The highest BCUT2D eigenvalue weighted by Gasteiger charge is 2.27. The lowest BCUT2D eigenvalue weighted by Crippen LogP contribution is -2.24. The molecule has 1 fully saturated rings. The van der Waals surface area contributed by atoms with Gasteiger partial charge in [-0.15, -0.1) is 0 Å². The zero-order valence-corrected chi connectivity index (χ0v) is 10.2. The SMILES string of the molecule is O=C(O)Cc1cccc(NC(=O)C2CNC(=O)C2)c1. The van der Waals surface area contributed by atoms with Crippen molar-refractivity contribution in [1.29, 1.82) is 0 Å². The van der Waals surface area contributed by atoms with Crippen molar-refractivity contribution in [3.63, 3.8) is 0 Å². The maximum Gasteiger partial charge on any atom is 0.307 e. The van der Waals surface area contributed by atoms with Crippen LogP contribution in [0.3, 0.4) is 0 Å². The normalized spacial score (nSPS) is 17.9. The maximum atomic E-state index is 11.9. The predicted molar refractivity (Wildman–Crippen MR) is 67.5 cm³/mol. The standard InChI is InChI=1S/C13H14N2O4/c16-11-6-9(7-14-11)13(19)15-10-3-1-2-8(4-10)5-12(17)18/h1-4,9H,5-7H2,(H,14,16)(H,15,19)(H,17,18). The zero-order valence-electron chi connectivity index (χ0n) is 10.2. The van der Waals surface area contributed by atoms with E-state index in [1.165, 1.54) is 0 Å². The highest BCUT2D eigenvalue weighted by molar-refractivity contribution is 5.97. The third kappa shape index (κ3) is 3.54. The Morgan fingerprint density at radius 1 is 1.42 bits per heavy atom. The minimum absolute atomic E-state index is 0.0901. The van der Waals surface area contributed by atoms with Gasteiger partial charge in [-0.1, -0.05) is 12.1 Å². The van der Waals surface area contributed by atoms with E-state index in [9.17, 15) is 14.4 Å². The minimum atomic E-state index is -0.922. The zero-order chi connectivity index (χ0) is 13.8. The average molecular weight is 262 g/mol. The number of carboxylic acid groups (broad SMARTS) is 1. The van der Waals surface area contributed by atoms with E-state index in [1.807, 2.05) is 0 Å². The van der Waals surface area contributed by atoms with Crippen LogP contribution in [-0.4, -0.2) is 29.4 Å². The molecule has 100 valence electrons. The first kappa shape index (κ1) is 13.1. The lowest BCUT2D eigenvalue weighted by Gasteiger charge is -2.10. The van der Waals surface area contributed by atoms with Crippen molar-refractivity contribution in [1.82, 2.24) is 5.32 Å². The van der Waals surface area contributed by atoms with E-state index in [0.29, 0.717) is 17.8 Å². The molecule has 1 aromatic rings. The Labute approximate surface area is 109 Å². The molecule has 6 nitrogen and oxygen atoms in total. The quantitative estimate of drug-likeness (QED) is 0.731. The van der Waals surface area contributed by atoms with Crippen molar-refractivity contribution in [2.75, 3.05) is 11.9 Å². The van der Waals surface area contributed by atoms with Gasteiger partial charge < -0.3 is 15.7 Å². The fourth-order valence-electron chi connectivity index (χ4n) is 1.97. The molecule has 0 spiro atoms. The lowest BCUT2D eigenvalue weighted by molar-refractivity contribution is -0.136. The van der Waals surface area contributed by atoms with Crippen molar-refractivity contribution >= 4 is 23.5 Å². The molecule has 1 aliphatic heterocycles. The fourth-order valence-corrected chi connectivity index (χ4v) is 1.97. The number of rotatable bonds is 4. The number of hydrogen-bond acceptors (Lipinski definition) is 3. The highest BCUT2D eigenvalue weighted by atomic mass is 16.4. The van der Waals surface area contributed by atoms with Crippen LogP contribution < -0.4 is 10.6 Å². The summed E-state index contributed by atoms with van der Waals surface area (Å²) in [5.74, 6) is -1.64. The van der Waals surface area contributed by atoms with Crippen LogP contribution in [0.15, 0.2) is 24.3 Å². The summed E-state index contributed by atoms with van der Waals surface area (Å²) in [5, 5.41) is 14.0. The molecule has 2 amide bonds. The number of carboxylic acids is 1. The molecular formula is C13H14N2O4. The van der Waals surface area contributed by atoms with Gasteiger partial charge in [-0.2, -0.15) is 0 Å². The fraction of sp³-hybridized carbons (Fsp3) is 0.308. The molecule has 0 aromatic heterocycles. The van der Waals surface area contributed by atoms with E-state index < -0.39 is 5.97 Å². The molecule has 3 N–H and O–H groups in total. The molecular weight excluding hydrogens is 248 g/mol. The van der Waals surface area contributed by atoms with Gasteiger partial charge in [-0.05, 0) is 17.7 Å². The van der Waals surface area contributed by atoms with Crippen molar-refractivity contribution < 1.29 is 19.5 Å². The first-order valence-corrected chi connectivity index (χ1v) is 5.93. The van der Waals surface area contributed by atoms with Crippen LogP contribution in [0.5, 0.6) is 0 Å². The summed E-state index contributed by atoms with van der Waals surface area (Å²) in [5.41, 5.74) is 1.16. The lowest BCUT2D eigenvalue weighted by atomic mass is 10.1. The molecule has 0 radical (unpaired) electrons. The molecule has 19 heavy (non-hydrogen) atoms. The molecule has 6 heteroatoms. The van der Waals surface area contributed by atoms with Crippen LogP contribution >= 0.6 is 0 Å². The Hall–Kier alpha value is -2.37. The number of aliphatic carboxylic acids is 1. The van der Waals surface area contributed by atoms with E-state index in [0.717, 1.165) is 0 Å². The van der Waals surface area contributed by atoms with Crippen molar-refractivity contribution in [2.45, 2.75) is 12.8 Å². The molecule has 0 saturated carbocycles. The van der Waals surface area contributed by atoms with E-state index >= 15 is 0 Å². The molecule has 1 atom stereocenters. The average Bonchev–Trinajstić information content (AvgIpc) is 2.75. The van der Waals surface area contributed by atoms with Crippen LogP contribution in [0.1, 0.15) is 12.0 Å². The van der Waals surface area contributed by atoms with Crippen LogP contribution in [0.25, 0.3) is 0 Å². The summed E-state index contributed by atoms with van der Waals surface area (Å²) in [6.07, 6.45) is 0.105. The van der Waals surface area contributed by atoms with Gasteiger partial charge in [0.15, 0.2) is 0 Å². The Balaban J connectivity index is 2.00.